The van der Waals surface area contributed by atoms with Gasteiger partial charge in [-0.25, -0.2) is 0 Å². The van der Waals surface area contributed by atoms with Crippen molar-refractivity contribution in [2.24, 2.45) is 0 Å². The van der Waals surface area contributed by atoms with Gasteiger partial charge < -0.3 is 15.5 Å². The predicted octanol–water partition coefficient (Wildman–Crippen LogP) is 3.00. The van der Waals surface area contributed by atoms with E-state index in [0.29, 0.717) is 12.6 Å². The summed E-state index contributed by atoms with van der Waals surface area (Å²) in [6, 6.07) is 8.56. The Hall–Kier alpha value is -1.55. The summed E-state index contributed by atoms with van der Waals surface area (Å²) >= 11 is 0. The van der Waals surface area contributed by atoms with Crippen molar-refractivity contribution in [1.82, 2.24) is 5.32 Å². The first-order valence-electron chi connectivity index (χ1n) is 8.07. The zero-order chi connectivity index (χ0) is 15.1. The second-order valence-electron chi connectivity index (χ2n) is 5.83. The van der Waals surface area contributed by atoms with E-state index < -0.39 is 0 Å². The summed E-state index contributed by atoms with van der Waals surface area (Å²) in [5.41, 5.74) is 2.12. The van der Waals surface area contributed by atoms with Crippen LogP contribution in [0.3, 0.4) is 0 Å². The number of carbonyl (C=O) groups excluding carboxylic acids is 1. The maximum atomic E-state index is 11.8. The van der Waals surface area contributed by atoms with Crippen molar-refractivity contribution < 1.29 is 4.79 Å². The van der Waals surface area contributed by atoms with Crippen molar-refractivity contribution in [2.75, 3.05) is 29.9 Å². The van der Waals surface area contributed by atoms with E-state index >= 15 is 0 Å². The Morgan fingerprint density at radius 1 is 1.19 bits per heavy atom. The quantitative estimate of drug-likeness (QED) is 0.846. The molecule has 116 valence electrons. The number of benzene rings is 1. The highest BCUT2D eigenvalue weighted by atomic mass is 16.1. The summed E-state index contributed by atoms with van der Waals surface area (Å²) in [4.78, 5) is 14.3. The molecule has 0 spiro atoms. The van der Waals surface area contributed by atoms with Gasteiger partial charge in [-0.2, -0.15) is 0 Å². The molecule has 0 radical (unpaired) electrons. The third kappa shape index (κ3) is 5.05. The van der Waals surface area contributed by atoms with Crippen LogP contribution >= 0.6 is 0 Å². The highest BCUT2D eigenvalue weighted by Crippen LogP contribution is 2.21. The summed E-state index contributed by atoms with van der Waals surface area (Å²) in [7, 11) is 0. The van der Waals surface area contributed by atoms with E-state index in [1.165, 1.54) is 24.9 Å². The summed E-state index contributed by atoms with van der Waals surface area (Å²) in [6.45, 7) is 6.84. The molecule has 4 heteroatoms. The van der Waals surface area contributed by atoms with Gasteiger partial charge in [-0.3, -0.25) is 4.79 Å². The average Bonchev–Trinajstić information content (AvgIpc) is 2.54. The second-order valence-corrected chi connectivity index (χ2v) is 5.83. The molecule has 1 atom stereocenters. The lowest BCUT2D eigenvalue weighted by Gasteiger charge is -2.28. The molecule has 4 nitrogen and oxygen atoms in total. The third-order valence-electron chi connectivity index (χ3n) is 4.10. The van der Waals surface area contributed by atoms with Gasteiger partial charge in [0.15, 0.2) is 0 Å². The Labute approximate surface area is 127 Å². The predicted molar refractivity (Wildman–Crippen MR) is 88.9 cm³/mol. The highest BCUT2D eigenvalue weighted by molar-refractivity contribution is 5.92. The molecule has 21 heavy (non-hydrogen) atoms. The van der Waals surface area contributed by atoms with E-state index in [2.05, 4.69) is 41.5 Å². The van der Waals surface area contributed by atoms with Crippen LogP contribution < -0.4 is 15.5 Å². The van der Waals surface area contributed by atoms with E-state index in [-0.39, 0.29) is 5.91 Å². The van der Waals surface area contributed by atoms with Crippen LogP contribution in [-0.4, -0.2) is 31.6 Å². The molecule has 1 aromatic carbocycles. The first-order chi connectivity index (χ1) is 10.2. The Morgan fingerprint density at radius 2 is 1.86 bits per heavy atom. The van der Waals surface area contributed by atoms with Crippen LogP contribution in [0.1, 0.15) is 39.5 Å². The fourth-order valence-corrected chi connectivity index (χ4v) is 2.52. The van der Waals surface area contributed by atoms with E-state index in [1.54, 1.807) is 0 Å². The lowest BCUT2D eigenvalue weighted by Crippen LogP contribution is -2.34. The molecule has 1 aliphatic rings. The highest BCUT2D eigenvalue weighted by Gasteiger charge is 2.11. The molecule has 0 bridgehead atoms. The van der Waals surface area contributed by atoms with Gasteiger partial charge in [-0.1, -0.05) is 6.92 Å². The van der Waals surface area contributed by atoms with Crippen LogP contribution in [0.2, 0.25) is 0 Å². The lowest BCUT2D eigenvalue weighted by molar-refractivity contribution is -0.115. The monoisotopic (exact) mass is 289 g/mol. The van der Waals surface area contributed by atoms with Crippen molar-refractivity contribution in [3.63, 3.8) is 0 Å². The van der Waals surface area contributed by atoms with Crippen molar-refractivity contribution in [2.45, 2.75) is 45.6 Å². The van der Waals surface area contributed by atoms with Gasteiger partial charge in [0.05, 0.1) is 6.54 Å². The molecule has 0 aromatic heterocycles. The maximum absolute atomic E-state index is 11.8. The van der Waals surface area contributed by atoms with Crippen molar-refractivity contribution >= 4 is 17.3 Å². The second kappa shape index (κ2) is 8.03. The minimum absolute atomic E-state index is 0.0148. The fraction of sp³-hybridized carbons (Fsp3) is 0.588. The molecule has 1 fully saturated rings. The third-order valence-corrected chi connectivity index (χ3v) is 4.10. The van der Waals surface area contributed by atoms with E-state index in [1.807, 2.05) is 12.1 Å². The summed E-state index contributed by atoms with van der Waals surface area (Å²) < 4.78 is 0. The number of anilines is 2. The van der Waals surface area contributed by atoms with Crippen molar-refractivity contribution in [1.29, 1.82) is 0 Å². The molecule has 1 heterocycles. The SMILES string of the molecule is CCC(C)NCC(=O)Nc1ccc(N2CCCCC2)cc1. The van der Waals surface area contributed by atoms with Crippen LogP contribution in [0.15, 0.2) is 24.3 Å². The molecule has 1 aliphatic heterocycles. The van der Waals surface area contributed by atoms with Crippen LogP contribution in [-0.2, 0) is 4.79 Å². The van der Waals surface area contributed by atoms with Gasteiger partial charge in [-0.15, -0.1) is 0 Å². The first kappa shape index (κ1) is 15.8. The van der Waals surface area contributed by atoms with Gasteiger partial charge in [0.2, 0.25) is 5.91 Å². The largest absolute Gasteiger partial charge is 0.372 e. The number of hydrogen-bond acceptors (Lipinski definition) is 3. The molecule has 1 amide bonds. The Bertz CT molecular complexity index is 438. The molecular formula is C17H27N3O. The zero-order valence-corrected chi connectivity index (χ0v) is 13.2. The van der Waals surface area contributed by atoms with Gasteiger partial charge in [0.25, 0.3) is 0 Å². The number of piperidine rings is 1. The summed E-state index contributed by atoms with van der Waals surface area (Å²) in [6.07, 6.45) is 4.92. The molecule has 0 saturated carbocycles. The van der Waals surface area contributed by atoms with Gasteiger partial charge in [0, 0.05) is 30.5 Å². The smallest absolute Gasteiger partial charge is 0.238 e. The molecule has 2 N–H and O–H groups in total. The lowest BCUT2D eigenvalue weighted by atomic mass is 10.1. The molecule has 1 saturated heterocycles. The zero-order valence-electron chi connectivity index (χ0n) is 13.2. The van der Waals surface area contributed by atoms with Gasteiger partial charge in [-0.05, 0) is 56.9 Å². The van der Waals surface area contributed by atoms with Gasteiger partial charge >= 0.3 is 0 Å². The minimum atomic E-state index is 0.0148. The first-order valence-corrected chi connectivity index (χ1v) is 8.07. The molecular weight excluding hydrogens is 262 g/mol. The Balaban J connectivity index is 1.82. The summed E-state index contributed by atoms with van der Waals surface area (Å²) in [5, 5.41) is 6.13. The standard InChI is InChI=1S/C17H27N3O/c1-3-14(2)18-13-17(21)19-15-7-9-16(10-8-15)20-11-5-4-6-12-20/h7-10,14,18H,3-6,11-13H2,1-2H3,(H,19,21). The van der Waals surface area contributed by atoms with Crippen molar-refractivity contribution in [3.8, 4) is 0 Å². The number of nitrogens with one attached hydrogen (secondary N) is 2. The fourth-order valence-electron chi connectivity index (χ4n) is 2.52. The Morgan fingerprint density at radius 3 is 2.48 bits per heavy atom. The maximum Gasteiger partial charge on any atom is 0.238 e. The topological polar surface area (TPSA) is 44.4 Å². The molecule has 2 rings (SSSR count). The normalized spacial score (nSPS) is 16.6. The van der Waals surface area contributed by atoms with Gasteiger partial charge in [0.1, 0.15) is 0 Å². The number of nitrogens with zero attached hydrogens (tertiary/aromatic N) is 1. The van der Waals surface area contributed by atoms with Crippen LogP contribution in [0.25, 0.3) is 0 Å². The number of rotatable bonds is 6. The molecule has 1 aromatic rings. The molecule has 1 unspecified atom stereocenters. The molecule has 0 aliphatic carbocycles. The summed E-state index contributed by atoms with van der Waals surface area (Å²) in [5.74, 6) is 0.0148. The Kier molecular flexibility index (Phi) is 6.05. The number of hydrogen-bond donors (Lipinski definition) is 2. The number of carbonyl (C=O) groups is 1. The van der Waals surface area contributed by atoms with Crippen LogP contribution in [0.5, 0.6) is 0 Å². The average molecular weight is 289 g/mol. The van der Waals surface area contributed by atoms with Crippen molar-refractivity contribution in [3.05, 3.63) is 24.3 Å². The van der Waals surface area contributed by atoms with E-state index in [4.69, 9.17) is 0 Å². The van der Waals surface area contributed by atoms with Crippen LogP contribution in [0, 0.1) is 0 Å². The van der Waals surface area contributed by atoms with Crippen LogP contribution in [0.4, 0.5) is 11.4 Å². The number of amides is 1. The van der Waals surface area contributed by atoms with E-state index in [0.717, 1.165) is 25.2 Å². The van der Waals surface area contributed by atoms with E-state index in [9.17, 15) is 4.79 Å². The minimum Gasteiger partial charge on any atom is -0.372 e.